The quantitative estimate of drug-likeness (QED) is 0.450. The first-order valence-corrected chi connectivity index (χ1v) is 11.9. The third-order valence-corrected chi connectivity index (χ3v) is 6.93. The number of aryl methyl sites for hydroxylation is 1. The van der Waals surface area contributed by atoms with Crippen LogP contribution < -0.4 is 10.2 Å². The van der Waals surface area contributed by atoms with Crippen LogP contribution in [-0.2, 0) is 6.54 Å². The molecule has 1 atom stereocenters. The number of piperidine rings is 1. The van der Waals surface area contributed by atoms with Gasteiger partial charge in [-0.25, -0.2) is 4.98 Å². The summed E-state index contributed by atoms with van der Waals surface area (Å²) in [6.07, 6.45) is 5.79. The van der Waals surface area contributed by atoms with Crippen molar-refractivity contribution in [2.45, 2.75) is 45.7 Å². The van der Waals surface area contributed by atoms with Gasteiger partial charge in [0, 0.05) is 33.4 Å². The van der Waals surface area contributed by atoms with Gasteiger partial charge in [-0.05, 0) is 91.6 Å². The first-order chi connectivity index (χ1) is 14.0. The van der Waals surface area contributed by atoms with Gasteiger partial charge in [-0.1, -0.05) is 0 Å². The molecule has 5 nitrogen and oxygen atoms in total. The summed E-state index contributed by atoms with van der Waals surface area (Å²) >= 11 is 3.96. The second-order valence-electron chi connectivity index (χ2n) is 7.65. The number of rotatable bonds is 5. The summed E-state index contributed by atoms with van der Waals surface area (Å²) in [6.45, 7) is 5.98. The van der Waals surface area contributed by atoms with Gasteiger partial charge in [0.05, 0.1) is 12.2 Å². The number of nitrogens with zero attached hydrogens (tertiary/aromatic N) is 3. The molecule has 7 heteroatoms. The van der Waals surface area contributed by atoms with E-state index in [9.17, 15) is 4.79 Å². The fourth-order valence-electron chi connectivity index (χ4n) is 3.76. The maximum atomic E-state index is 12.9. The van der Waals surface area contributed by atoms with Gasteiger partial charge in [-0.2, -0.15) is 0 Å². The number of nitrogens with one attached hydrogen (secondary N) is 1. The summed E-state index contributed by atoms with van der Waals surface area (Å²) in [4.78, 5) is 20.2. The normalized spacial score (nSPS) is 16.8. The van der Waals surface area contributed by atoms with Crippen molar-refractivity contribution in [2.24, 2.45) is 0 Å². The first kappa shape index (κ1) is 20.4. The van der Waals surface area contributed by atoms with E-state index in [1.54, 1.807) is 11.3 Å². The van der Waals surface area contributed by atoms with Crippen LogP contribution in [0.25, 0.3) is 0 Å². The Kier molecular flexibility index (Phi) is 6.24. The molecule has 0 radical (unpaired) electrons. The Morgan fingerprint density at radius 3 is 2.86 bits per heavy atom. The standard InChI is InChI=1S/C22H25IN4OS/c1-15-11-20(21(28)24-18-8-6-17(23)7-9-18)26(12-15)13-19-14-29-22(25-19)27-10-4-3-5-16(27)2/h6-9,11-12,14,16H,3-5,10,13H2,1-2H3,(H,24,28). The Labute approximate surface area is 189 Å². The molecule has 1 unspecified atom stereocenters. The van der Waals surface area contributed by atoms with E-state index in [2.05, 4.69) is 45.1 Å². The number of aromatic nitrogens is 2. The summed E-state index contributed by atoms with van der Waals surface area (Å²) in [7, 11) is 0. The Morgan fingerprint density at radius 1 is 1.31 bits per heavy atom. The molecule has 4 rings (SSSR count). The lowest BCUT2D eigenvalue weighted by atomic mass is 10.1. The van der Waals surface area contributed by atoms with Gasteiger partial charge in [-0.3, -0.25) is 4.79 Å². The van der Waals surface area contributed by atoms with E-state index >= 15 is 0 Å². The highest BCUT2D eigenvalue weighted by atomic mass is 127. The minimum atomic E-state index is -0.0978. The molecule has 3 aromatic rings. The van der Waals surface area contributed by atoms with Gasteiger partial charge >= 0.3 is 0 Å². The van der Waals surface area contributed by atoms with Crippen molar-refractivity contribution >= 4 is 50.7 Å². The molecule has 152 valence electrons. The van der Waals surface area contributed by atoms with Crippen LogP contribution in [0.2, 0.25) is 0 Å². The number of carbonyl (C=O) groups excluding carboxylic acids is 1. The molecule has 1 amide bonds. The number of amides is 1. The molecule has 1 aliphatic rings. The molecule has 1 N–H and O–H groups in total. The van der Waals surface area contributed by atoms with Gasteiger partial charge in [0.2, 0.25) is 0 Å². The number of hydrogen-bond donors (Lipinski definition) is 1. The lowest BCUT2D eigenvalue weighted by Gasteiger charge is -2.33. The van der Waals surface area contributed by atoms with Crippen LogP contribution >= 0.6 is 33.9 Å². The molecular weight excluding hydrogens is 495 g/mol. The third kappa shape index (κ3) is 4.83. The topological polar surface area (TPSA) is 50.2 Å². The second-order valence-corrected chi connectivity index (χ2v) is 9.73. The second kappa shape index (κ2) is 8.87. The summed E-state index contributed by atoms with van der Waals surface area (Å²) in [5.74, 6) is -0.0978. The average molecular weight is 520 g/mol. The number of benzene rings is 1. The van der Waals surface area contributed by atoms with Gasteiger partial charge in [0.25, 0.3) is 5.91 Å². The summed E-state index contributed by atoms with van der Waals surface area (Å²) in [5.41, 5.74) is 3.53. The van der Waals surface area contributed by atoms with Crippen molar-refractivity contribution in [1.82, 2.24) is 9.55 Å². The van der Waals surface area contributed by atoms with E-state index in [0.29, 0.717) is 18.3 Å². The number of thiazole rings is 1. The SMILES string of the molecule is Cc1cc(C(=O)Nc2ccc(I)cc2)n(Cc2csc(N3CCCCC3C)n2)c1. The Hall–Kier alpha value is -1.87. The summed E-state index contributed by atoms with van der Waals surface area (Å²) in [5, 5.41) is 6.21. The van der Waals surface area contributed by atoms with Crippen LogP contribution in [0, 0.1) is 10.5 Å². The van der Waals surface area contributed by atoms with Crippen molar-refractivity contribution in [3.63, 3.8) is 0 Å². The fourth-order valence-corrected chi connectivity index (χ4v) is 5.07. The van der Waals surface area contributed by atoms with E-state index in [0.717, 1.165) is 32.2 Å². The van der Waals surface area contributed by atoms with E-state index in [-0.39, 0.29) is 5.91 Å². The Balaban J connectivity index is 1.50. The zero-order chi connectivity index (χ0) is 20.4. The first-order valence-electron chi connectivity index (χ1n) is 9.94. The third-order valence-electron chi connectivity index (χ3n) is 5.29. The monoisotopic (exact) mass is 520 g/mol. The summed E-state index contributed by atoms with van der Waals surface area (Å²) < 4.78 is 3.14. The van der Waals surface area contributed by atoms with Crippen LogP contribution in [0.1, 0.15) is 47.9 Å². The molecule has 0 aliphatic carbocycles. The molecule has 3 heterocycles. The van der Waals surface area contributed by atoms with Crippen molar-refractivity contribution in [3.05, 3.63) is 62.4 Å². The maximum Gasteiger partial charge on any atom is 0.272 e. The molecular formula is C22H25IN4OS. The van der Waals surface area contributed by atoms with Crippen LogP contribution in [0.3, 0.4) is 0 Å². The highest BCUT2D eigenvalue weighted by Gasteiger charge is 2.21. The Morgan fingerprint density at radius 2 is 2.10 bits per heavy atom. The van der Waals surface area contributed by atoms with E-state index < -0.39 is 0 Å². The molecule has 0 spiro atoms. The van der Waals surface area contributed by atoms with Crippen LogP contribution in [0.4, 0.5) is 10.8 Å². The lowest BCUT2D eigenvalue weighted by Crippen LogP contribution is -2.37. The lowest BCUT2D eigenvalue weighted by molar-refractivity contribution is 0.101. The number of anilines is 2. The van der Waals surface area contributed by atoms with Crippen LogP contribution in [0.5, 0.6) is 0 Å². The largest absolute Gasteiger partial charge is 0.345 e. The van der Waals surface area contributed by atoms with E-state index in [1.807, 2.05) is 48.0 Å². The number of carbonyl (C=O) groups is 1. The van der Waals surface area contributed by atoms with E-state index in [1.165, 1.54) is 19.3 Å². The summed E-state index contributed by atoms with van der Waals surface area (Å²) in [6, 6.07) is 10.3. The minimum absolute atomic E-state index is 0.0978. The molecule has 1 aromatic carbocycles. The predicted molar refractivity (Wildman–Crippen MR) is 128 cm³/mol. The molecule has 0 bridgehead atoms. The highest BCUT2D eigenvalue weighted by Crippen LogP contribution is 2.28. The van der Waals surface area contributed by atoms with Crippen molar-refractivity contribution in [1.29, 1.82) is 0 Å². The predicted octanol–water partition coefficient (Wildman–Crippen LogP) is 5.54. The van der Waals surface area contributed by atoms with E-state index in [4.69, 9.17) is 4.98 Å². The number of halogens is 1. The zero-order valence-corrected chi connectivity index (χ0v) is 19.7. The van der Waals surface area contributed by atoms with Crippen molar-refractivity contribution in [3.8, 4) is 0 Å². The Bertz CT molecular complexity index is 995. The molecule has 1 aliphatic heterocycles. The smallest absolute Gasteiger partial charge is 0.272 e. The van der Waals surface area contributed by atoms with Gasteiger partial charge in [-0.15, -0.1) is 11.3 Å². The van der Waals surface area contributed by atoms with Crippen molar-refractivity contribution < 1.29 is 4.79 Å². The fraction of sp³-hybridized carbons (Fsp3) is 0.364. The molecule has 1 fully saturated rings. The molecule has 29 heavy (non-hydrogen) atoms. The van der Waals surface area contributed by atoms with Crippen molar-refractivity contribution in [2.75, 3.05) is 16.8 Å². The van der Waals surface area contributed by atoms with Gasteiger partial charge < -0.3 is 14.8 Å². The molecule has 2 aromatic heterocycles. The minimum Gasteiger partial charge on any atom is -0.345 e. The number of hydrogen-bond acceptors (Lipinski definition) is 4. The molecule has 1 saturated heterocycles. The molecule has 0 saturated carbocycles. The zero-order valence-electron chi connectivity index (χ0n) is 16.7. The average Bonchev–Trinajstić information content (AvgIpc) is 3.31. The van der Waals surface area contributed by atoms with Gasteiger partial charge in [0.15, 0.2) is 5.13 Å². The highest BCUT2D eigenvalue weighted by molar-refractivity contribution is 14.1. The van der Waals surface area contributed by atoms with Crippen LogP contribution in [0.15, 0.2) is 41.9 Å². The van der Waals surface area contributed by atoms with Crippen LogP contribution in [-0.4, -0.2) is 28.0 Å². The maximum absolute atomic E-state index is 12.9. The van der Waals surface area contributed by atoms with Gasteiger partial charge in [0.1, 0.15) is 5.69 Å².